The smallest absolute Gasteiger partial charge is 0.348 e. The van der Waals surface area contributed by atoms with Crippen molar-refractivity contribution in [1.82, 2.24) is 5.32 Å². The first-order valence-corrected chi connectivity index (χ1v) is 3.12. The van der Waals surface area contributed by atoms with Crippen LogP contribution in [-0.2, 0) is 4.79 Å². The number of nitrogens with one attached hydrogen (secondary N) is 1. The van der Waals surface area contributed by atoms with E-state index in [1.165, 1.54) is 13.3 Å². The normalized spacial score (nSPS) is 14.2. The van der Waals surface area contributed by atoms with E-state index in [0.717, 1.165) is 0 Å². The van der Waals surface area contributed by atoms with E-state index in [0.29, 0.717) is 0 Å². The SMILES string of the molecule is CC(CN[C]=O)CC(F)(F)F. The molecule has 0 saturated carbocycles. The number of carbonyl (C=O) groups excluding carboxylic acids is 1. The zero-order valence-electron chi connectivity index (χ0n) is 6.03. The summed E-state index contributed by atoms with van der Waals surface area (Å²) in [4.78, 5) is 9.56. The fraction of sp³-hybridized carbons (Fsp3) is 0.833. The molecule has 0 rings (SSSR count). The van der Waals surface area contributed by atoms with Gasteiger partial charge in [-0.15, -0.1) is 0 Å². The van der Waals surface area contributed by atoms with E-state index in [1.807, 2.05) is 0 Å². The molecule has 1 N–H and O–H groups in total. The van der Waals surface area contributed by atoms with Gasteiger partial charge in [-0.1, -0.05) is 6.92 Å². The van der Waals surface area contributed by atoms with E-state index in [4.69, 9.17) is 0 Å². The molecular weight excluding hydrogens is 159 g/mol. The Bertz CT molecular complexity index is 123. The third-order valence-electron chi connectivity index (χ3n) is 1.10. The molecule has 0 aromatic heterocycles. The quantitative estimate of drug-likeness (QED) is 0.628. The van der Waals surface area contributed by atoms with Crippen LogP contribution in [0.25, 0.3) is 0 Å². The van der Waals surface area contributed by atoms with Crippen LogP contribution >= 0.6 is 0 Å². The molecule has 0 fully saturated rings. The summed E-state index contributed by atoms with van der Waals surface area (Å²) in [6.45, 7) is 1.43. The van der Waals surface area contributed by atoms with Crippen molar-refractivity contribution in [3.05, 3.63) is 0 Å². The van der Waals surface area contributed by atoms with Crippen molar-refractivity contribution in [3.8, 4) is 0 Å². The molecule has 0 aromatic rings. The van der Waals surface area contributed by atoms with E-state index < -0.39 is 18.5 Å². The second-order valence-corrected chi connectivity index (χ2v) is 2.41. The van der Waals surface area contributed by atoms with Gasteiger partial charge in [0, 0.05) is 13.0 Å². The van der Waals surface area contributed by atoms with Gasteiger partial charge in [-0.2, -0.15) is 13.2 Å². The Morgan fingerprint density at radius 2 is 2.09 bits per heavy atom. The minimum atomic E-state index is -4.15. The van der Waals surface area contributed by atoms with Crippen LogP contribution in [0.15, 0.2) is 0 Å². The third kappa shape index (κ3) is 7.15. The summed E-state index contributed by atoms with van der Waals surface area (Å²) < 4.78 is 34.8. The summed E-state index contributed by atoms with van der Waals surface area (Å²) in [5.41, 5.74) is 0. The minimum Gasteiger partial charge on any atom is -0.348 e. The lowest BCUT2D eigenvalue weighted by atomic mass is 10.1. The highest BCUT2D eigenvalue weighted by Crippen LogP contribution is 2.23. The Kier molecular flexibility index (Phi) is 3.92. The van der Waals surface area contributed by atoms with Crippen molar-refractivity contribution in [1.29, 1.82) is 0 Å². The Morgan fingerprint density at radius 3 is 2.45 bits per heavy atom. The van der Waals surface area contributed by atoms with Crippen LogP contribution in [0.1, 0.15) is 13.3 Å². The Morgan fingerprint density at radius 1 is 1.55 bits per heavy atom. The van der Waals surface area contributed by atoms with Gasteiger partial charge in [0.1, 0.15) is 0 Å². The first kappa shape index (κ1) is 10.3. The van der Waals surface area contributed by atoms with Crippen molar-refractivity contribution < 1.29 is 18.0 Å². The molecular formula is C6H9F3NO. The van der Waals surface area contributed by atoms with Crippen LogP contribution in [-0.4, -0.2) is 19.1 Å². The summed E-state index contributed by atoms with van der Waals surface area (Å²) in [6, 6.07) is 0. The van der Waals surface area contributed by atoms with Crippen LogP contribution in [0.3, 0.4) is 0 Å². The first-order valence-electron chi connectivity index (χ1n) is 3.12. The highest BCUT2D eigenvalue weighted by atomic mass is 19.4. The molecule has 0 spiro atoms. The van der Waals surface area contributed by atoms with Gasteiger partial charge in [-0.25, -0.2) is 0 Å². The van der Waals surface area contributed by atoms with Gasteiger partial charge in [0.15, 0.2) is 0 Å². The fourth-order valence-corrected chi connectivity index (χ4v) is 0.683. The van der Waals surface area contributed by atoms with Crippen LogP contribution in [0.5, 0.6) is 0 Å². The lowest BCUT2D eigenvalue weighted by molar-refractivity contribution is -0.142. The second-order valence-electron chi connectivity index (χ2n) is 2.41. The monoisotopic (exact) mass is 168 g/mol. The second kappa shape index (κ2) is 4.20. The largest absolute Gasteiger partial charge is 0.389 e. The molecule has 1 radical (unpaired) electrons. The van der Waals surface area contributed by atoms with Crippen LogP contribution in [0, 0.1) is 5.92 Å². The number of halogens is 3. The zero-order valence-corrected chi connectivity index (χ0v) is 6.03. The van der Waals surface area contributed by atoms with E-state index in [-0.39, 0.29) is 6.54 Å². The highest BCUT2D eigenvalue weighted by molar-refractivity contribution is 5.46. The van der Waals surface area contributed by atoms with Crippen molar-refractivity contribution in [2.75, 3.05) is 6.54 Å². The van der Waals surface area contributed by atoms with Crippen molar-refractivity contribution in [3.63, 3.8) is 0 Å². The van der Waals surface area contributed by atoms with Crippen LogP contribution in [0.4, 0.5) is 13.2 Å². The van der Waals surface area contributed by atoms with Crippen molar-refractivity contribution in [2.45, 2.75) is 19.5 Å². The van der Waals surface area contributed by atoms with Gasteiger partial charge in [0.2, 0.25) is 0 Å². The molecule has 0 aliphatic carbocycles. The number of amides is 1. The Balaban J connectivity index is 3.51. The molecule has 0 aliphatic heterocycles. The molecule has 0 bridgehead atoms. The maximum atomic E-state index is 11.6. The number of alkyl halides is 3. The lowest BCUT2D eigenvalue weighted by Gasteiger charge is -2.12. The maximum Gasteiger partial charge on any atom is 0.389 e. The highest BCUT2D eigenvalue weighted by Gasteiger charge is 2.29. The van der Waals surface area contributed by atoms with Gasteiger partial charge in [-0.3, -0.25) is 4.79 Å². The number of hydrogen-bond donors (Lipinski definition) is 1. The molecule has 5 heteroatoms. The van der Waals surface area contributed by atoms with Gasteiger partial charge < -0.3 is 5.32 Å². The van der Waals surface area contributed by atoms with Crippen molar-refractivity contribution in [2.24, 2.45) is 5.92 Å². The predicted molar refractivity (Wildman–Crippen MR) is 33.5 cm³/mol. The van der Waals surface area contributed by atoms with E-state index in [1.54, 1.807) is 0 Å². The molecule has 0 aliphatic rings. The summed E-state index contributed by atoms with van der Waals surface area (Å²) in [5, 5.41) is 2.07. The molecule has 2 nitrogen and oxygen atoms in total. The predicted octanol–water partition coefficient (Wildman–Crippen LogP) is 1.23. The Hall–Kier alpha value is -0.740. The van der Waals surface area contributed by atoms with Crippen LogP contribution < -0.4 is 5.32 Å². The first-order chi connectivity index (χ1) is 4.95. The van der Waals surface area contributed by atoms with Crippen molar-refractivity contribution >= 4 is 6.41 Å². The summed E-state index contributed by atoms with van der Waals surface area (Å²) in [5.74, 6) is -0.587. The molecule has 0 aromatic carbocycles. The third-order valence-corrected chi connectivity index (χ3v) is 1.10. The molecule has 11 heavy (non-hydrogen) atoms. The molecule has 0 saturated heterocycles. The van der Waals surface area contributed by atoms with E-state index >= 15 is 0 Å². The average molecular weight is 168 g/mol. The van der Waals surface area contributed by atoms with Gasteiger partial charge in [-0.05, 0) is 5.92 Å². The summed E-state index contributed by atoms with van der Waals surface area (Å²) in [6.07, 6.45) is -3.71. The van der Waals surface area contributed by atoms with E-state index in [2.05, 4.69) is 5.32 Å². The summed E-state index contributed by atoms with van der Waals surface area (Å²) >= 11 is 0. The fourth-order valence-electron chi connectivity index (χ4n) is 0.683. The van der Waals surface area contributed by atoms with E-state index in [9.17, 15) is 18.0 Å². The number of hydrogen-bond acceptors (Lipinski definition) is 1. The summed E-state index contributed by atoms with van der Waals surface area (Å²) in [7, 11) is 0. The topological polar surface area (TPSA) is 29.1 Å². The molecule has 0 heterocycles. The Labute approximate surface area is 62.8 Å². The molecule has 1 amide bonds. The van der Waals surface area contributed by atoms with Gasteiger partial charge in [0.05, 0.1) is 0 Å². The molecule has 1 atom stereocenters. The number of rotatable bonds is 4. The minimum absolute atomic E-state index is 0.0169. The standard InChI is InChI=1S/C6H9F3NO/c1-5(3-10-4-11)2-6(7,8)9/h5H,2-3H2,1H3,(H,10,11). The molecule has 1 unspecified atom stereocenters. The average Bonchev–Trinajstić information content (AvgIpc) is 1.79. The van der Waals surface area contributed by atoms with Gasteiger partial charge >= 0.3 is 12.6 Å². The maximum absolute atomic E-state index is 11.6. The zero-order chi connectivity index (χ0) is 8.91. The molecule has 65 valence electrons. The van der Waals surface area contributed by atoms with Crippen LogP contribution in [0.2, 0.25) is 0 Å². The lowest BCUT2D eigenvalue weighted by Crippen LogP contribution is -2.23. The van der Waals surface area contributed by atoms with Gasteiger partial charge in [0.25, 0.3) is 0 Å².